The minimum absolute atomic E-state index is 0.0349. The molecule has 1 rings (SSSR count). The van der Waals surface area contributed by atoms with Crippen molar-refractivity contribution < 1.29 is 19.1 Å². The van der Waals surface area contributed by atoms with Gasteiger partial charge in [-0.2, -0.15) is 0 Å². The van der Waals surface area contributed by atoms with E-state index in [1.807, 2.05) is 6.92 Å². The van der Waals surface area contributed by atoms with Crippen LogP contribution < -0.4 is 0 Å². The van der Waals surface area contributed by atoms with Gasteiger partial charge in [0.2, 0.25) is 5.91 Å². The van der Waals surface area contributed by atoms with Crippen LogP contribution in [0.2, 0.25) is 0 Å². The molecule has 0 unspecified atom stereocenters. The topological polar surface area (TPSA) is 68.6 Å². The van der Waals surface area contributed by atoms with Crippen LogP contribution in [0.3, 0.4) is 0 Å². The van der Waals surface area contributed by atoms with Crippen molar-refractivity contribution >= 4 is 18.2 Å². The summed E-state index contributed by atoms with van der Waals surface area (Å²) >= 11 is 0. The van der Waals surface area contributed by atoms with Crippen LogP contribution in [-0.4, -0.2) is 47.3 Å². The monoisotopic (exact) mass is 294 g/mol. The molecule has 0 fully saturated rings. The maximum atomic E-state index is 12.1. The number of aldehydes is 1. The zero-order valence-corrected chi connectivity index (χ0v) is 12.6. The van der Waals surface area contributed by atoms with Gasteiger partial charge in [-0.3, -0.25) is 14.4 Å². The molecule has 0 aliphatic rings. The van der Waals surface area contributed by atoms with E-state index in [4.69, 9.17) is 4.74 Å². The SMILES string of the molecule is CCOC(=O)CCN(CC)C(=O)CCn1cccc1C=O. The molecule has 1 aromatic heterocycles. The summed E-state index contributed by atoms with van der Waals surface area (Å²) in [5.74, 6) is -0.329. The Hall–Kier alpha value is -2.11. The molecule has 0 aromatic carbocycles. The average molecular weight is 294 g/mol. The molecule has 1 aromatic rings. The summed E-state index contributed by atoms with van der Waals surface area (Å²) in [6, 6.07) is 3.47. The highest BCUT2D eigenvalue weighted by Crippen LogP contribution is 2.04. The molecule has 0 bridgehead atoms. The second-order valence-corrected chi connectivity index (χ2v) is 4.52. The summed E-state index contributed by atoms with van der Waals surface area (Å²) in [5.41, 5.74) is 0.553. The van der Waals surface area contributed by atoms with E-state index in [0.29, 0.717) is 38.4 Å². The predicted molar refractivity (Wildman–Crippen MR) is 77.9 cm³/mol. The third-order valence-electron chi connectivity index (χ3n) is 3.18. The standard InChI is InChI=1S/C15H22N2O4/c1-3-16(11-8-15(20)21-4-2)14(19)7-10-17-9-5-6-13(17)12-18/h5-6,9,12H,3-4,7-8,10-11H2,1-2H3. The van der Waals surface area contributed by atoms with Crippen LogP contribution in [0.1, 0.15) is 37.2 Å². The van der Waals surface area contributed by atoms with Crippen LogP contribution in [-0.2, 0) is 20.9 Å². The lowest BCUT2D eigenvalue weighted by Gasteiger charge is -2.20. The Morgan fingerprint density at radius 2 is 2.10 bits per heavy atom. The van der Waals surface area contributed by atoms with Crippen LogP contribution in [0.4, 0.5) is 0 Å². The minimum Gasteiger partial charge on any atom is -0.466 e. The molecule has 0 atom stereocenters. The number of esters is 1. The number of aryl methyl sites for hydroxylation is 1. The van der Waals surface area contributed by atoms with E-state index < -0.39 is 0 Å². The minimum atomic E-state index is -0.294. The van der Waals surface area contributed by atoms with Gasteiger partial charge < -0.3 is 14.2 Å². The summed E-state index contributed by atoms with van der Waals surface area (Å²) in [6.07, 6.45) is 3.04. The number of rotatable bonds is 9. The molecule has 6 nitrogen and oxygen atoms in total. The van der Waals surface area contributed by atoms with Crippen LogP contribution in [0.5, 0.6) is 0 Å². The molecule has 21 heavy (non-hydrogen) atoms. The van der Waals surface area contributed by atoms with Gasteiger partial charge in [0.25, 0.3) is 0 Å². The largest absolute Gasteiger partial charge is 0.466 e. The molecule has 0 aliphatic carbocycles. The quantitative estimate of drug-likeness (QED) is 0.511. The lowest BCUT2D eigenvalue weighted by molar-refractivity contribution is -0.144. The van der Waals surface area contributed by atoms with Gasteiger partial charge in [-0.25, -0.2) is 0 Å². The molecule has 6 heteroatoms. The molecule has 0 saturated carbocycles. The fourth-order valence-corrected chi connectivity index (χ4v) is 2.03. The van der Waals surface area contributed by atoms with Gasteiger partial charge in [-0.05, 0) is 26.0 Å². The smallest absolute Gasteiger partial charge is 0.307 e. The van der Waals surface area contributed by atoms with E-state index in [-0.39, 0.29) is 18.3 Å². The van der Waals surface area contributed by atoms with Crippen molar-refractivity contribution in [1.29, 1.82) is 0 Å². The van der Waals surface area contributed by atoms with Crippen molar-refractivity contribution in [1.82, 2.24) is 9.47 Å². The summed E-state index contributed by atoms with van der Waals surface area (Å²) in [6.45, 7) is 5.33. The Kier molecular flexibility index (Phi) is 7.21. The highest BCUT2D eigenvalue weighted by atomic mass is 16.5. The first kappa shape index (κ1) is 16.9. The molecule has 1 amide bonds. The van der Waals surface area contributed by atoms with E-state index >= 15 is 0 Å². The highest BCUT2D eigenvalue weighted by molar-refractivity contribution is 5.77. The molecular formula is C15H22N2O4. The molecule has 0 N–H and O–H groups in total. The van der Waals surface area contributed by atoms with Gasteiger partial charge in [0, 0.05) is 32.3 Å². The first-order valence-corrected chi connectivity index (χ1v) is 7.16. The van der Waals surface area contributed by atoms with Crippen molar-refractivity contribution in [3.63, 3.8) is 0 Å². The Bertz CT molecular complexity index is 482. The first-order valence-electron chi connectivity index (χ1n) is 7.16. The Morgan fingerprint density at radius 1 is 1.33 bits per heavy atom. The maximum Gasteiger partial charge on any atom is 0.307 e. The molecule has 0 aliphatic heterocycles. The van der Waals surface area contributed by atoms with Crippen LogP contribution in [0, 0.1) is 0 Å². The number of hydrogen-bond donors (Lipinski definition) is 0. The van der Waals surface area contributed by atoms with Crippen LogP contribution in [0.25, 0.3) is 0 Å². The summed E-state index contributed by atoms with van der Waals surface area (Å²) in [7, 11) is 0. The van der Waals surface area contributed by atoms with Gasteiger partial charge in [0.15, 0.2) is 6.29 Å². The number of amides is 1. The number of aromatic nitrogens is 1. The first-order chi connectivity index (χ1) is 10.1. The molecular weight excluding hydrogens is 272 g/mol. The van der Waals surface area contributed by atoms with E-state index in [0.717, 1.165) is 6.29 Å². The Balaban J connectivity index is 2.44. The fraction of sp³-hybridized carbons (Fsp3) is 0.533. The molecule has 0 saturated heterocycles. The van der Waals surface area contributed by atoms with Gasteiger partial charge in [0.1, 0.15) is 0 Å². The van der Waals surface area contributed by atoms with Gasteiger partial charge in [-0.1, -0.05) is 0 Å². The summed E-state index contributed by atoms with van der Waals surface area (Å²) in [5, 5.41) is 0. The molecule has 116 valence electrons. The predicted octanol–water partition coefficient (Wildman–Crippen LogP) is 1.49. The van der Waals surface area contributed by atoms with Crippen LogP contribution >= 0.6 is 0 Å². The summed E-state index contributed by atoms with van der Waals surface area (Å²) in [4.78, 5) is 35.8. The van der Waals surface area contributed by atoms with E-state index in [9.17, 15) is 14.4 Å². The average Bonchev–Trinajstić information content (AvgIpc) is 2.93. The third kappa shape index (κ3) is 5.41. The van der Waals surface area contributed by atoms with E-state index in [1.165, 1.54) is 0 Å². The van der Waals surface area contributed by atoms with Crippen LogP contribution in [0.15, 0.2) is 18.3 Å². The zero-order valence-electron chi connectivity index (χ0n) is 12.6. The molecule has 0 radical (unpaired) electrons. The normalized spacial score (nSPS) is 10.2. The number of nitrogens with zero attached hydrogens (tertiary/aromatic N) is 2. The number of carbonyl (C=O) groups is 3. The van der Waals surface area contributed by atoms with E-state index in [1.54, 1.807) is 34.7 Å². The maximum absolute atomic E-state index is 12.1. The highest BCUT2D eigenvalue weighted by Gasteiger charge is 2.14. The Morgan fingerprint density at radius 3 is 2.71 bits per heavy atom. The lowest BCUT2D eigenvalue weighted by Crippen LogP contribution is -2.33. The van der Waals surface area contributed by atoms with Crippen molar-refractivity contribution in [2.75, 3.05) is 19.7 Å². The van der Waals surface area contributed by atoms with E-state index in [2.05, 4.69) is 0 Å². The molecule has 1 heterocycles. The fourth-order valence-electron chi connectivity index (χ4n) is 2.03. The Labute approximate surface area is 124 Å². The second-order valence-electron chi connectivity index (χ2n) is 4.52. The van der Waals surface area contributed by atoms with Crippen molar-refractivity contribution in [2.24, 2.45) is 0 Å². The second kappa shape index (κ2) is 8.94. The molecule has 0 spiro atoms. The summed E-state index contributed by atoms with van der Waals surface area (Å²) < 4.78 is 6.59. The van der Waals surface area contributed by atoms with Crippen molar-refractivity contribution in [2.45, 2.75) is 33.2 Å². The number of hydrogen-bond acceptors (Lipinski definition) is 4. The van der Waals surface area contributed by atoms with Crippen molar-refractivity contribution in [3.05, 3.63) is 24.0 Å². The van der Waals surface area contributed by atoms with Gasteiger partial charge in [-0.15, -0.1) is 0 Å². The third-order valence-corrected chi connectivity index (χ3v) is 3.18. The van der Waals surface area contributed by atoms with Gasteiger partial charge >= 0.3 is 5.97 Å². The number of carbonyl (C=O) groups excluding carboxylic acids is 3. The zero-order chi connectivity index (χ0) is 15.7. The van der Waals surface area contributed by atoms with Crippen molar-refractivity contribution in [3.8, 4) is 0 Å². The van der Waals surface area contributed by atoms with Gasteiger partial charge in [0.05, 0.1) is 18.7 Å². The number of ether oxygens (including phenoxy) is 1. The lowest BCUT2D eigenvalue weighted by atomic mass is 10.3.